The molecule has 1 unspecified atom stereocenters. The summed E-state index contributed by atoms with van der Waals surface area (Å²) in [6, 6.07) is 19.5. The van der Waals surface area contributed by atoms with Crippen LogP contribution in [0.2, 0.25) is 0 Å². The Hall–Kier alpha value is -4.51. The Kier molecular flexibility index (Phi) is 9.11. The molecular formula is C35H38FN5O4. The monoisotopic (exact) mass is 611 g/mol. The molecule has 0 aliphatic carbocycles. The number of carbonyl (C=O) groups is 1. The van der Waals surface area contributed by atoms with Gasteiger partial charge in [-0.15, -0.1) is 0 Å². The molecule has 0 amide bonds. The quantitative estimate of drug-likeness (QED) is 0.152. The lowest BCUT2D eigenvalue weighted by atomic mass is 9.87. The van der Waals surface area contributed by atoms with Crippen LogP contribution in [0.5, 0.6) is 5.75 Å². The molecule has 45 heavy (non-hydrogen) atoms. The lowest BCUT2D eigenvalue weighted by molar-refractivity contribution is -0.666. The predicted octanol–water partition coefficient (Wildman–Crippen LogP) is 5.93. The number of quaternary nitrogens is 1. The summed E-state index contributed by atoms with van der Waals surface area (Å²) in [7, 11) is 4.80. The molecule has 0 bridgehead atoms. The van der Waals surface area contributed by atoms with E-state index in [1.807, 2.05) is 49.2 Å². The van der Waals surface area contributed by atoms with Gasteiger partial charge in [0.25, 0.3) is 0 Å². The molecule has 2 aliphatic heterocycles. The number of nitrogens with zero attached hydrogens (tertiary/aromatic N) is 5. The van der Waals surface area contributed by atoms with Gasteiger partial charge in [-0.1, -0.05) is 30.3 Å². The fourth-order valence-corrected chi connectivity index (χ4v) is 5.79. The van der Waals surface area contributed by atoms with E-state index >= 15 is 5.21 Å². The van der Waals surface area contributed by atoms with E-state index in [4.69, 9.17) is 19.5 Å². The average Bonchev–Trinajstić information content (AvgIpc) is 3.32. The molecule has 1 atom stereocenters. The van der Waals surface area contributed by atoms with Crippen LogP contribution in [0.1, 0.15) is 37.6 Å². The summed E-state index contributed by atoms with van der Waals surface area (Å²) in [6.07, 6.45) is 2.57. The summed E-state index contributed by atoms with van der Waals surface area (Å²) in [5, 5.41) is 15.7. The zero-order valence-electron chi connectivity index (χ0n) is 26.5. The third kappa shape index (κ3) is 6.09. The Morgan fingerprint density at radius 3 is 2.49 bits per heavy atom. The van der Waals surface area contributed by atoms with Crippen molar-refractivity contribution in [2.45, 2.75) is 33.6 Å². The number of benzene rings is 2. The molecule has 9 nitrogen and oxygen atoms in total. The molecule has 0 saturated carbocycles. The van der Waals surface area contributed by atoms with Crippen molar-refractivity contribution in [3.8, 4) is 5.75 Å². The lowest BCUT2D eigenvalue weighted by Gasteiger charge is -2.44. The van der Waals surface area contributed by atoms with E-state index in [9.17, 15) is 9.18 Å². The number of hydrogen-bond donors (Lipinski definition) is 0. The van der Waals surface area contributed by atoms with Gasteiger partial charge >= 0.3 is 11.9 Å². The van der Waals surface area contributed by atoms with Gasteiger partial charge in [-0.3, -0.25) is 14.7 Å². The second kappa shape index (κ2) is 12.8. The van der Waals surface area contributed by atoms with Crippen LogP contribution in [0.3, 0.4) is 0 Å². The first-order chi connectivity index (χ1) is 21.5. The van der Waals surface area contributed by atoms with Gasteiger partial charge in [0.15, 0.2) is 11.4 Å². The van der Waals surface area contributed by atoms with Crippen molar-refractivity contribution < 1.29 is 23.3 Å². The maximum absolute atomic E-state index is 15.7. The topological polar surface area (TPSA) is 99.4 Å². The van der Waals surface area contributed by atoms with Gasteiger partial charge in [0.05, 0.1) is 26.5 Å². The Labute approximate surface area is 263 Å². The number of hydroxylamine groups is 3. The van der Waals surface area contributed by atoms with Crippen molar-refractivity contribution in [3.05, 3.63) is 118 Å². The van der Waals surface area contributed by atoms with E-state index in [1.54, 1.807) is 57.5 Å². The molecule has 5 rings (SSSR count). The first kappa shape index (κ1) is 31.9. The number of aromatic nitrogens is 1. The highest BCUT2D eigenvalue weighted by Crippen LogP contribution is 2.48. The van der Waals surface area contributed by atoms with E-state index in [-0.39, 0.29) is 24.7 Å². The van der Waals surface area contributed by atoms with Gasteiger partial charge in [-0.2, -0.15) is 9.98 Å². The number of hydrogen-bond acceptors (Lipinski definition) is 8. The minimum absolute atomic E-state index is 0.0372. The second-order valence-electron chi connectivity index (χ2n) is 11.8. The predicted molar refractivity (Wildman–Crippen MR) is 172 cm³/mol. The molecule has 0 spiro atoms. The van der Waals surface area contributed by atoms with Crippen LogP contribution in [0.4, 0.5) is 4.39 Å². The summed E-state index contributed by atoms with van der Waals surface area (Å²) >= 11 is 0. The number of guanidine groups is 1. The maximum atomic E-state index is 15.7. The van der Waals surface area contributed by atoms with Crippen LogP contribution < -0.4 is 4.74 Å². The standard InChI is InChI=1S/C35H38FN5O4/c1-23-29(21-24-12-7-8-16-28(24)36)38-34-39-32(35(2,3)33(42)45-6)30(22-40(4)19-17-26-14-9-10-18-37-26)41(34,43)31(23)25-13-11-15-27(20-25)44-5/h7-16,18,20H,17,19,21-22H2,1-6H3. The number of methoxy groups -OCH3 is 2. The molecule has 3 aromatic rings. The number of halogens is 1. The number of likely N-dealkylation sites (N-methyl/N-ethyl adjacent to an activating group) is 1. The Morgan fingerprint density at radius 2 is 1.80 bits per heavy atom. The molecule has 2 aromatic carbocycles. The van der Waals surface area contributed by atoms with Crippen molar-refractivity contribution >= 4 is 23.3 Å². The Morgan fingerprint density at radius 1 is 1.04 bits per heavy atom. The van der Waals surface area contributed by atoms with Crippen LogP contribution >= 0.6 is 0 Å². The Balaban J connectivity index is 1.67. The van der Waals surface area contributed by atoms with Crippen LogP contribution in [-0.4, -0.2) is 66.5 Å². The second-order valence-corrected chi connectivity index (χ2v) is 11.8. The maximum Gasteiger partial charge on any atom is 0.339 e. The first-order valence-corrected chi connectivity index (χ1v) is 14.8. The first-order valence-electron chi connectivity index (χ1n) is 14.8. The highest BCUT2D eigenvalue weighted by Gasteiger charge is 2.52. The average molecular weight is 612 g/mol. The fraction of sp³-hybridized carbons (Fsp3) is 0.314. The van der Waals surface area contributed by atoms with E-state index < -0.39 is 16.0 Å². The number of carbonyl (C=O) groups excluding carboxylic acids is 1. The third-order valence-corrected chi connectivity index (χ3v) is 8.33. The number of pyridine rings is 1. The SMILES string of the molecule is COC(=O)C(C)(C)C1=C(CN(C)CCc2ccccn2)[N+]2([O-])C(=N1)N=C(Cc1ccccc1F)C(C)=C2c1cccc(OC)c1. The number of rotatable bonds is 11. The highest BCUT2D eigenvalue weighted by atomic mass is 19.1. The van der Waals surface area contributed by atoms with Gasteiger partial charge in [-0.25, -0.2) is 9.04 Å². The van der Waals surface area contributed by atoms with Crippen molar-refractivity contribution in [1.82, 2.24) is 9.88 Å². The van der Waals surface area contributed by atoms with Crippen LogP contribution in [0.25, 0.3) is 5.70 Å². The summed E-state index contributed by atoms with van der Waals surface area (Å²) in [4.78, 5) is 29.2. The minimum Gasteiger partial charge on any atom is -0.614 e. The molecule has 2 aliphatic rings. The smallest absolute Gasteiger partial charge is 0.339 e. The molecule has 234 valence electrons. The van der Waals surface area contributed by atoms with Gasteiger partial charge in [0, 0.05) is 42.4 Å². The summed E-state index contributed by atoms with van der Waals surface area (Å²) in [6.45, 7) is 6.01. The van der Waals surface area contributed by atoms with E-state index in [1.165, 1.54) is 13.2 Å². The number of ether oxygens (including phenoxy) is 2. The van der Waals surface area contributed by atoms with Crippen molar-refractivity contribution in [1.29, 1.82) is 0 Å². The lowest BCUT2D eigenvalue weighted by Crippen LogP contribution is -2.49. The van der Waals surface area contributed by atoms with E-state index in [2.05, 4.69) is 4.98 Å². The van der Waals surface area contributed by atoms with Gasteiger partial charge < -0.3 is 14.7 Å². The molecule has 0 N–H and O–H groups in total. The normalized spacial score (nSPS) is 18.2. The van der Waals surface area contributed by atoms with Gasteiger partial charge in [0.1, 0.15) is 22.7 Å². The molecule has 3 heterocycles. The largest absolute Gasteiger partial charge is 0.614 e. The van der Waals surface area contributed by atoms with Gasteiger partial charge in [-0.05, 0) is 69.8 Å². The zero-order valence-corrected chi connectivity index (χ0v) is 26.5. The molecule has 1 aromatic heterocycles. The summed E-state index contributed by atoms with van der Waals surface area (Å²) < 4.78 is 24.4. The third-order valence-electron chi connectivity index (χ3n) is 8.33. The molecule has 0 saturated heterocycles. The van der Waals surface area contributed by atoms with E-state index in [0.29, 0.717) is 58.2 Å². The number of esters is 1. The molecular weight excluding hydrogens is 573 g/mol. The van der Waals surface area contributed by atoms with Crippen LogP contribution in [0, 0.1) is 16.4 Å². The number of allylic oxidation sites excluding steroid dienone is 1. The molecule has 10 heteroatoms. The van der Waals surface area contributed by atoms with Crippen molar-refractivity contribution in [2.75, 3.05) is 34.4 Å². The summed E-state index contributed by atoms with van der Waals surface area (Å²) in [5.74, 6) is -0.354. The number of aliphatic imine (C=N–C) groups is 2. The van der Waals surface area contributed by atoms with Gasteiger partial charge in [0.2, 0.25) is 0 Å². The molecule has 0 fully saturated rings. The van der Waals surface area contributed by atoms with Crippen LogP contribution in [0.15, 0.2) is 99.9 Å². The van der Waals surface area contributed by atoms with E-state index in [0.717, 1.165) is 5.69 Å². The fourth-order valence-electron chi connectivity index (χ4n) is 5.79. The number of fused-ring (bicyclic) bond motifs is 1. The molecule has 0 radical (unpaired) electrons. The van der Waals surface area contributed by atoms with Crippen molar-refractivity contribution in [2.24, 2.45) is 15.4 Å². The zero-order chi connectivity index (χ0) is 32.4. The minimum atomic E-state index is -1.26. The summed E-state index contributed by atoms with van der Waals surface area (Å²) in [5.41, 5.74) is 2.88. The Bertz CT molecular complexity index is 1730. The van der Waals surface area contributed by atoms with Crippen molar-refractivity contribution in [3.63, 3.8) is 0 Å². The highest BCUT2D eigenvalue weighted by molar-refractivity contribution is 6.14. The van der Waals surface area contributed by atoms with Crippen LogP contribution in [-0.2, 0) is 22.4 Å².